The summed E-state index contributed by atoms with van der Waals surface area (Å²) in [6.07, 6.45) is 0.410. The Labute approximate surface area is 130 Å². The first-order chi connectivity index (χ1) is 9.52. The Balaban J connectivity index is 0.00000220. The fraction of sp³-hybridized carbons (Fsp3) is 0.533. The fourth-order valence-corrected chi connectivity index (χ4v) is 2.33. The summed E-state index contributed by atoms with van der Waals surface area (Å²) in [4.78, 5) is 13.8. The molecule has 1 aromatic rings. The number of hydrogen-bond donors (Lipinski definition) is 1. The molecular weight excluding hydrogens is 295 g/mol. The third kappa shape index (κ3) is 4.15. The van der Waals surface area contributed by atoms with Crippen LogP contribution in [0, 0.1) is 12.7 Å². The second kappa shape index (κ2) is 7.73. The predicted molar refractivity (Wildman–Crippen MR) is 81.9 cm³/mol. The maximum Gasteiger partial charge on any atom is 0.239 e. The van der Waals surface area contributed by atoms with Gasteiger partial charge in [0, 0.05) is 6.54 Å². The highest BCUT2D eigenvalue weighted by molar-refractivity contribution is 5.85. The van der Waals surface area contributed by atoms with Crippen molar-refractivity contribution in [2.45, 2.75) is 32.4 Å². The molecule has 0 bridgehead atoms. The molecule has 0 saturated carbocycles. The molecule has 0 aromatic heterocycles. The number of ether oxygens (including phenoxy) is 1. The van der Waals surface area contributed by atoms with Crippen LogP contribution in [0.15, 0.2) is 18.2 Å². The molecule has 2 rings (SSSR count). The van der Waals surface area contributed by atoms with Crippen LogP contribution in [0.4, 0.5) is 4.39 Å². The molecule has 1 amide bonds. The Morgan fingerprint density at radius 3 is 2.90 bits per heavy atom. The Morgan fingerprint density at radius 1 is 1.57 bits per heavy atom. The molecule has 1 saturated heterocycles. The van der Waals surface area contributed by atoms with Crippen LogP contribution in [-0.2, 0) is 9.53 Å². The molecule has 6 heteroatoms. The van der Waals surface area contributed by atoms with Gasteiger partial charge in [-0.1, -0.05) is 19.1 Å². The van der Waals surface area contributed by atoms with Crippen molar-refractivity contribution >= 4 is 18.3 Å². The summed E-state index contributed by atoms with van der Waals surface area (Å²) in [6, 6.07) is 4.46. The monoisotopic (exact) mass is 316 g/mol. The van der Waals surface area contributed by atoms with Crippen LogP contribution in [0.5, 0.6) is 0 Å². The number of halogens is 2. The van der Waals surface area contributed by atoms with E-state index in [1.165, 1.54) is 6.07 Å². The molecule has 0 radical (unpaired) electrons. The van der Waals surface area contributed by atoms with E-state index in [2.05, 4.69) is 0 Å². The van der Waals surface area contributed by atoms with Gasteiger partial charge in [-0.3, -0.25) is 4.79 Å². The third-order valence-corrected chi connectivity index (χ3v) is 3.69. The van der Waals surface area contributed by atoms with E-state index in [-0.39, 0.29) is 30.2 Å². The SMILES string of the molecule is CCC(N)C(=O)N1CCOC(c2ccc(F)c(C)c2)C1.Cl. The highest BCUT2D eigenvalue weighted by atomic mass is 35.5. The molecular formula is C15H22ClFN2O2. The first-order valence-electron chi connectivity index (χ1n) is 6.95. The van der Waals surface area contributed by atoms with E-state index in [4.69, 9.17) is 10.5 Å². The molecule has 21 heavy (non-hydrogen) atoms. The number of benzene rings is 1. The normalized spacial score (nSPS) is 19.8. The van der Waals surface area contributed by atoms with E-state index in [0.29, 0.717) is 31.7 Å². The molecule has 4 nitrogen and oxygen atoms in total. The van der Waals surface area contributed by atoms with Gasteiger partial charge in [-0.2, -0.15) is 0 Å². The summed E-state index contributed by atoms with van der Waals surface area (Å²) >= 11 is 0. The quantitative estimate of drug-likeness (QED) is 0.930. The molecule has 1 aliphatic rings. The minimum atomic E-state index is -0.455. The number of aryl methyl sites for hydroxylation is 1. The van der Waals surface area contributed by atoms with Gasteiger partial charge in [0.25, 0.3) is 0 Å². The Hall–Kier alpha value is -1.17. The van der Waals surface area contributed by atoms with Gasteiger partial charge in [0.1, 0.15) is 11.9 Å². The summed E-state index contributed by atoms with van der Waals surface area (Å²) in [5, 5.41) is 0. The van der Waals surface area contributed by atoms with Crippen LogP contribution in [0.25, 0.3) is 0 Å². The molecule has 0 spiro atoms. The number of morpholine rings is 1. The molecule has 1 heterocycles. The molecule has 118 valence electrons. The molecule has 0 aliphatic carbocycles. The lowest BCUT2D eigenvalue weighted by Crippen LogP contribution is -2.49. The molecule has 1 aromatic carbocycles. The minimum Gasteiger partial charge on any atom is -0.370 e. The minimum absolute atomic E-state index is 0. The second-order valence-corrected chi connectivity index (χ2v) is 5.17. The van der Waals surface area contributed by atoms with Gasteiger partial charge in [-0.05, 0) is 30.5 Å². The Kier molecular flexibility index (Phi) is 6.58. The summed E-state index contributed by atoms with van der Waals surface area (Å²) in [7, 11) is 0. The lowest BCUT2D eigenvalue weighted by molar-refractivity contribution is -0.140. The average Bonchev–Trinajstić information content (AvgIpc) is 2.48. The zero-order valence-corrected chi connectivity index (χ0v) is 13.2. The Morgan fingerprint density at radius 2 is 2.29 bits per heavy atom. The number of nitrogens with zero attached hydrogens (tertiary/aromatic N) is 1. The fourth-order valence-electron chi connectivity index (χ4n) is 2.33. The smallest absolute Gasteiger partial charge is 0.239 e. The van der Waals surface area contributed by atoms with Gasteiger partial charge < -0.3 is 15.4 Å². The number of amides is 1. The van der Waals surface area contributed by atoms with Crippen molar-refractivity contribution in [2.24, 2.45) is 5.73 Å². The van der Waals surface area contributed by atoms with Crippen molar-refractivity contribution in [3.05, 3.63) is 35.1 Å². The highest BCUT2D eigenvalue weighted by Gasteiger charge is 2.27. The van der Waals surface area contributed by atoms with Crippen molar-refractivity contribution in [1.82, 2.24) is 4.90 Å². The maximum absolute atomic E-state index is 13.3. The average molecular weight is 317 g/mol. The van der Waals surface area contributed by atoms with E-state index >= 15 is 0 Å². The van der Waals surface area contributed by atoms with E-state index in [0.717, 1.165) is 5.56 Å². The van der Waals surface area contributed by atoms with Gasteiger partial charge in [0.2, 0.25) is 5.91 Å². The summed E-state index contributed by atoms with van der Waals surface area (Å²) in [6.45, 7) is 5.12. The van der Waals surface area contributed by atoms with Crippen molar-refractivity contribution < 1.29 is 13.9 Å². The van der Waals surface area contributed by atoms with Gasteiger partial charge in [-0.25, -0.2) is 4.39 Å². The number of carbonyl (C=O) groups is 1. The highest BCUT2D eigenvalue weighted by Crippen LogP contribution is 2.24. The van der Waals surface area contributed by atoms with Crippen LogP contribution in [-0.4, -0.2) is 36.5 Å². The number of carbonyl (C=O) groups excluding carboxylic acids is 1. The Bertz CT molecular complexity index is 499. The number of hydrogen-bond acceptors (Lipinski definition) is 3. The number of rotatable bonds is 3. The molecule has 2 atom stereocenters. The molecule has 1 fully saturated rings. The summed E-state index contributed by atoms with van der Waals surface area (Å²) in [5.41, 5.74) is 7.27. The molecule has 1 aliphatic heterocycles. The van der Waals surface area contributed by atoms with E-state index in [1.807, 2.05) is 6.92 Å². The van der Waals surface area contributed by atoms with E-state index in [9.17, 15) is 9.18 Å². The van der Waals surface area contributed by atoms with Crippen LogP contribution in [0.1, 0.15) is 30.6 Å². The predicted octanol–water partition coefficient (Wildman–Crippen LogP) is 2.19. The number of nitrogens with two attached hydrogens (primary N) is 1. The van der Waals surface area contributed by atoms with Crippen molar-refractivity contribution in [2.75, 3.05) is 19.7 Å². The molecule has 2 unspecified atom stereocenters. The summed E-state index contributed by atoms with van der Waals surface area (Å²) < 4.78 is 19.0. The summed E-state index contributed by atoms with van der Waals surface area (Å²) in [5.74, 6) is -0.273. The van der Waals surface area contributed by atoms with Gasteiger partial charge >= 0.3 is 0 Å². The molecule has 2 N–H and O–H groups in total. The lowest BCUT2D eigenvalue weighted by Gasteiger charge is -2.34. The van der Waals surface area contributed by atoms with Crippen LogP contribution < -0.4 is 5.73 Å². The third-order valence-electron chi connectivity index (χ3n) is 3.69. The zero-order valence-electron chi connectivity index (χ0n) is 12.3. The standard InChI is InChI=1S/C15H21FN2O2.ClH/c1-3-13(17)15(19)18-6-7-20-14(9-18)11-4-5-12(16)10(2)8-11;/h4-5,8,13-14H,3,6-7,9,17H2,1-2H3;1H. The first-order valence-corrected chi connectivity index (χ1v) is 6.95. The van der Waals surface area contributed by atoms with Crippen molar-refractivity contribution in [3.63, 3.8) is 0 Å². The van der Waals surface area contributed by atoms with E-state index < -0.39 is 6.04 Å². The van der Waals surface area contributed by atoms with Gasteiger partial charge in [-0.15, -0.1) is 12.4 Å². The van der Waals surface area contributed by atoms with Crippen LogP contribution >= 0.6 is 12.4 Å². The largest absolute Gasteiger partial charge is 0.370 e. The second-order valence-electron chi connectivity index (χ2n) is 5.17. The topological polar surface area (TPSA) is 55.6 Å². The first kappa shape index (κ1) is 17.9. The van der Waals surface area contributed by atoms with Gasteiger partial charge in [0.15, 0.2) is 0 Å². The van der Waals surface area contributed by atoms with Crippen molar-refractivity contribution in [3.8, 4) is 0 Å². The zero-order chi connectivity index (χ0) is 14.7. The van der Waals surface area contributed by atoms with Crippen LogP contribution in [0.2, 0.25) is 0 Å². The van der Waals surface area contributed by atoms with Gasteiger partial charge in [0.05, 0.1) is 19.2 Å². The lowest BCUT2D eigenvalue weighted by atomic mass is 10.0. The van der Waals surface area contributed by atoms with E-state index in [1.54, 1.807) is 24.0 Å². The van der Waals surface area contributed by atoms with Crippen LogP contribution in [0.3, 0.4) is 0 Å². The van der Waals surface area contributed by atoms with Crippen molar-refractivity contribution in [1.29, 1.82) is 0 Å². The maximum atomic E-state index is 13.3.